The summed E-state index contributed by atoms with van der Waals surface area (Å²) in [6, 6.07) is 9.90. The van der Waals surface area contributed by atoms with Crippen LogP contribution < -0.4 is 0 Å². The van der Waals surface area contributed by atoms with E-state index >= 15 is 0 Å². The van der Waals surface area contributed by atoms with Crippen LogP contribution in [-0.4, -0.2) is 15.6 Å². The molecular weight excluding hydrogens is 262 g/mol. The van der Waals surface area contributed by atoms with Crippen LogP contribution in [0.25, 0.3) is 10.9 Å². The van der Waals surface area contributed by atoms with Gasteiger partial charge in [-0.15, -0.1) is 0 Å². The fourth-order valence-corrected chi connectivity index (χ4v) is 2.76. The maximum absolute atomic E-state index is 11.3. The van der Waals surface area contributed by atoms with Crippen LogP contribution in [0, 0.1) is 0 Å². The second-order valence-electron chi connectivity index (χ2n) is 5.12. The number of allylic oxidation sites excluding steroid dienone is 6. The van der Waals surface area contributed by atoms with E-state index in [-0.39, 0.29) is 12.5 Å². The van der Waals surface area contributed by atoms with Crippen LogP contribution in [0.1, 0.15) is 18.9 Å². The van der Waals surface area contributed by atoms with E-state index in [9.17, 15) is 9.90 Å². The summed E-state index contributed by atoms with van der Waals surface area (Å²) in [4.78, 5) is 11.3. The quantitative estimate of drug-likeness (QED) is 0.915. The molecule has 1 aromatic carbocycles. The standard InChI is InChI=1S/C18H17NO2/c20-18(21)13-17(14-7-3-1-2-4-8-14)19-12-11-15-9-5-6-10-16(15)19/h1-3,5-12,17H,4,13H2,(H,20,21). The van der Waals surface area contributed by atoms with Crippen molar-refractivity contribution in [2.75, 3.05) is 0 Å². The molecule has 0 bridgehead atoms. The van der Waals surface area contributed by atoms with Gasteiger partial charge in [-0.05, 0) is 29.5 Å². The lowest BCUT2D eigenvalue weighted by molar-refractivity contribution is -0.137. The monoisotopic (exact) mass is 279 g/mol. The van der Waals surface area contributed by atoms with E-state index in [0.29, 0.717) is 0 Å². The van der Waals surface area contributed by atoms with Crippen LogP contribution in [0.4, 0.5) is 0 Å². The largest absolute Gasteiger partial charge is 0.481 e. The molecule has 1 aliphatic carbocycles. The van der Waals surface area contributed by atoms with E-state index in [0.717, 1.165) is 22.9 Å². The van der Waals surface area contributed by atoms with Gasteiger partial charge in [-0.3, -0.25) is 4.79 Å². The lowest BCUT2D eigenvalue weighted by atomic mass is 10.0. The maximum atomic E-state index is 11.3. The lowest BCUT2D eigenvalue weighted by Gasteiger charge is -2.20. The molecule has 2 aromatic rings. The molecule has 106 valence electrons. The van der Waals surface area contributed by atoms with Gasteiger partial charge in [0.25, 0.3) is 0 Å². The van der Waals surface area contributed by atoms with Gasteiger partial charge >= 0.3 is 5.97 Å². The molecular formula is C18H17NO2. The molecule has 1 unspecified atom stereocenters. The Morgan fingerprint density at radius 2 is 2.10 bits per heavy atom. The summed E-state index contributed by atoms with van der Waals surface area (Å²) in [5.74, 6) is -0.788. The minimum atomic E-state index is -0.788. The Morgan fingerprint density at radius 1 is 1.24 bits per heavy atom. The van der Waals surface area contributed by atoms with Crippen LogP contribution in [-0.2, 0) is 4.79 Å². The number of aromatic nitrogens is 1. The zero-order chi connectivity index (χ0) is 14.7. The molecule has 0 fully saturated rings. The average molecular weight is 279 g/mol. The van der Waals surface area contributed by atoms with Gasteiger partial charge in [0.15, 0.2) is 0 Å². The molecule has 21 heavy (non-hydrogen) atoms. The topological polar surface area (TPSA) is 42.2 Å². The summed E-state index contributed by atoms with van der Waals surface area (Å²) < 4.78 is 2.06. The molecule has 1 N–H and O–H groups in total. The van der Waals surface area contributed by atoms with Crippen molar-refractivity contribution in [2.45, 2.75) is 18.9 Å². The summed E-state index contributed by atoms with van der Waals surface area (Å²) in [6.07, 6.45) is 13.0. The highest BCUT2D eigenvalue weighted by molar-refractivity contribution is 5.80. The number of benzene rings is 1. The number of hydrogen-bond donors (Lipinski definition) is 1. The van der Waals surface area contributed by atoms with Crippen LogP contribution in [0.2, 0.25) is 0 Å². The number of fused-ring (bicyclic) bond motifs is 1. The van der Waals surface area contributed by atoms with Crippen molar-refractivity contribution in [2.24, 2.45) is 0 Å². The average Bonchev–Trinajstić information content (AvgIpc) is 2.71. The fraction of sp³-hybridized carbons (Fsp3) is 0.167. The summed E-state index contributed by atoms with van der Waals surface area (Å²) in [5.41, 5.74) is 2.11. The van der Waals surface area contributed by atoms with Crippen molar-refractivity contribution in [3.63, 3.8) is 0 Å². The highest BCUT2D eigenvalue weighted by Crippen LogP contribution is 2.29. The summed E-state index contributed by atoms with van der Waals surface area (Å²) in [5, 5.41) is 10.4. The van der Waals surface area contributed by atoms with E-state index in [1.165, 1.54) is 0 Å². The highest BCUT2D eigenvalue weighted by atomic mass is 16.4. The maximum Gasteiger partial charge on any atom is 0.305 e. The lowest BCUT2D eigenvalue weighted by Crippen LogP contribution is -2.14. The van der Waals surface area contributed by atoms with Gasteiger partial charge in [0.05, 0.1) is 12.5 Å². The van der Waals surface area contributed by atoms with Crippen LogP contribution in [0.5, 0.6) is 0 Å². The minimum absolute atomic E-state index is 0.0782. The predicted octanol–water partition coefficient (Wildman–Crippen LogP) is 4.10. The van der Waals surface area contributed by atoms with Crippen molar-refractivity contribution >= 4 is 16.9 Å². The van der Waals surface area contributed by atoms with Gasteiger partial charge in [0.1, 0.15) is 0 Å². The number of carboxylic acids is 1. The van der Waals surface area contributed by atoms with Gasteiger partial charge in [-0.2, -0.15) is 0 Å². The number of nitrogens with zero attached hydrogens (tertiary/aromatic N) is 1. The Labute approximate surface area is 123 Å². The molecule has 0 saturated carbocycles. The SMILES string of the molecule is O=C(O)CC(C1=CCC=CC=C1)n1ccc2ccccc21. The van der Waals surface area contributed by atoms with Crippen LogP contribution in [0.3, 0.4) is 0 Å². The van der Waals surface area contributed by atoms with E-state index in [4.69, 9.17) is 0 Å². The Bertz CT molecular complexity index is 749. The third-order valence-electron chi connectivity index (χ3n) is 3.74. The van der Waals surface area contributed by atoms with Gasteiger partial charge in [-0.25, -0.2) is 0 Å². The summed E-state index contributed by atoms with van der Waals surface area (Å²) in [6.45, 7) is 0. The number of aliphatic carboxylic acids is 1. The molecule has 1 aromatic heterocycles. The van der Waals surface area contributed by atoms with Crippen molar-refractivity contribution in [3.8, 4) is 0 Å². The predicted molar refractivity (Wildman–Crippen MR) is 84.2 cm³/mol. The van der Waals surface area contributed by atoms with Crippen molar-refractivity contribution in [1.82, 2.24) is 4.57 Å². The minimum Gasteiger partial charge on any atom is -0.481 e. The Hall–Kier alpha value is -2.55. The Balaban J connectivity index is 2.07. The summed E-state index contributed by atoms with van der Waals surface area (Å²) >= 11 is 0. The molecule has 1 heterocycles. The van der Waals surface area contributed by atoms with Gasteiger partial charge in [0.2, 0.25) is 0 Å². The first-order valence-corrected chi connectivity index (χ1v) is 7.06. The third kappa shape index (κ3) is 2.82. The number of rotatable bonds is 4. The first-order valence-electron chi connectivity index (χ1n) is 7.06. The first-order chi connectivity index (χ1) is 10.3. The molecule has 1 aliphatic rings. The van der Waals surface area contributed by atoms with Crippen molar-refractivity contribution in [1.29, 1.82) is 0 Å². The first kappa shape index (κ1) is 13.4. The van der Waals surface area contributed by atoms with Crippen molar-refractivity contribution in [3.05, 3.63) is 72.5 Å². The molecule has 3 rings (SSSR count). The molecule has 0 saturated heterocycles. The number of para-hydroxylation sites is 1. The van der Waals surface area contributed by atoms with Gasteiger partial charge in [-0.1, -0.05) is 48.6 Å². The van der Waals surface area contributed by atoms with Gasteiger partial charge in [0, 0.05) is 11.7 Å². The highest BCUT2D eigenvalue weighted by Gasteiger charge is 2.19. The molecule has 0 spiro atoms. The number of carbonyl (C=O) groups is 1. The smallest absolute Gasteiger partial charge is 0.305 e. The second-order valence-corrected chi connectivity index (χ2v) is 5.12. The van der Waals surface area contributed by atoms with Crippen LogP contribution >= 0.6 is 0 Å². The van der Waals surface area contributed by atoms with E-state index in [1.807, 2.05) is 54.8 Å². The zero-order valence-corrected chi connectivity index (χ0v) is 11.6. The third-order valence-corrected chi connectivity index (χ3v) is 3.74. The van der Waals surface area contributed by atoms with E-state index in [2.05, 4.69) is 16.7 Å². The summed E-state index contributed by atoms with van der Waals surface area (Å²) in [7, 11) is 0. The fourth-order valence-electron chi connectivity index (χ4n) is 2.76. The second kappa shape index (κ2) is 5.83. The van der Waals surface area contributed by atoms with Crippen LogP contribution in [0.15, 0.2) is 72.5 Å². The number of carboxylic acid groups (broad SMARTS) is 1. The molecule has 0 amide bonds. The normalized spacial score (nSPS) is 15.7. The van der Waals surface area contributed by atoms with E-state index < -0.39 is 5.97 Å². The molecule has 3 heteroatoms. The molecule has 0 aliphatic heterocycles. The molecule has 3 nitrogen and oxygen atoms in total. The number of hydrogen-bond acceptors (Lipinski definition) is 1. The van der Waals surface area contributed by atoms with Gasteiger partial charge < -0.3 is 9.67 Å². The zero-order valence-electron chi connectivity index (χ0n) is 11.6. The van der Waals surface area contributed by atoms with Crippen molar-refractivity contribution < 1.29 is 9.90 Å². The van der Waals surface area contributed by atoms with E-state index in [1.54, 1.807) is 0 Å². The Morgan fingerprint density at radius 3 is 2.95 bits per heavy atom. The molecule has 1 atom stereocenters. The Kier molecular flexibility index (Phi) is 3.73. The molecule has 0 radical (unpaired) electrons.